The molecule has 12 heteroatoms. The van der Waals surface area contributed by atoms with E-state index < -0.39 is 0 Å². The molecule has 17 rings (SSSR count). The van der Waals surface area contributed by atoms with E-state index in [4.69, 9.17) is 48.9 Å². The largest absolute Gasteiger partial charge is 0.457 e. The van der Waals surface area contributed by atoms with Crippen LogP contribution < -0.4 is 18.9 Å². The molecule has 0 unspecified atom stereocenters. The monoisotopic (exact) mass is 1040 g/mol. The average molecular weight is 1040 g/mol. The molecule has 0 amide bonds. The van der Waals surface area contributed by atoms with Crippen molar-refractivity contribution in [3.8, 4) is 91.5 Å². The summed E-state index contributed by atoms with van der Waals surface area (Å²) in [7, 11) is 0. The van der Waals surface area contributed by atoms with E-state index in [1.807, 2.05) is 72.8 Å². The Hall–Kier alpha value is -9.68. The highest BCUT2D eigenvalue weighted by atomic mass is 16.5. The van der Waals surface area contributed by atoms with Crippen molar-refractivity contribution in [2.45, 2.75) is 77.0 Å². The molecule has 0 saturated heterocycles. The third kappa shape index (κ3) is 7.87. The predicted octanol–water partition coefficient (Wildman–Crippen LogP) is 16.0. The van der Waals surface area contributed by atoms with Crippen molar-refractivity contribution >= 4 is 44.1 Å². The summed E-state index contributed by atoms with van der Waals surface area (Å²) in [4.78, 5) is 39.3. The van der Waals surface area contributed by atoms with E-state index in [0.717, 1.165) is 144 Å². The van der Waals surface area contributed by atoms with Crippen molar-refractivity contribution in [1.29, 1.82) is 0 Å². The van der Waals surface area contributed by atoms with Gasteiger partial charge in [-0.1, -0.05) is 24.3 Å². The molecule has 80 heavy (non-hydrogen) atoms. The minimum Gasteiger partial charge on any atom is -0.457 e. The summed E-state index contributed by atoms with van der Waals surface area (Å²) in [6, 6.07) is 49.8. The van der Waals surface area contributed by atoms with Crippen molar-refractivity contribution in [3.63, 3.8) is 0 Å². The maximum absolute atomic E-state index is 6.63. The fraction of sp³-hybridized carbons (Fsp3) is 0.176. The van der Waals surface area contributed by atoms with Gasteiger partial charge < -0.3 is 28.9 Å². The van der Waals surface area contributed by atoms with Crippen LogP contribution in [0.15, 0.2) is 146 Å². The third-order valence-electron chi connectivity index (χ3n) is 16.9. The van der Waals surface area contributed by atoms with Gasteiger partial charge in [0, 0.05) is 43.8 Å². The van der Waals surface area contributed by atoms with E-state index in [9.17, 15) is 0 Å². The fourth-order valence-electron chi connectivity index (χ4n) is 13.0. The Balaban J connectivity index is 0.878. The van der Waals surface area contributed by atoms with Crippen molar-refractivity contribution in [2.24, 2.45) is 0 Å². The van der Waals surface area contributed by atoms with Gasteiger partial charge in [0.25, 0.3) is 0 Å². The van der Waals surface area contributed by atoms with Crippen molar-refractivity contribution < 1.29 is 18.9 Å². The Labute approximate surface area is 459 Å². The molecule has 0 saturated carbocycles. The summed E-state index contributed by atoms with van der Waals surface area (Å²) in [5.41, 5.74) is 16.3. The van der Waals surface area contributed by atoms with E-state index in [1.165, 1.54) is 44.5 Å². The quantitative estimate of drug-likeness (QED) is 0.151. The number of fused-ring (bicyclic) bond motifs is 24. The number of hydrogen-bond acceptors (Lipinski definition) is 10. The summed E-state index contributed by atoms with van der Waals surface area (Å²) >= 11 is 0. The number of aromatic nitrogens is 8. The molecule has 0 fully saturated rings. The maximum Gasteiger partial charge on any atom is 0.164 e. The van der Waals surface area contributed by atoms with Crippen molar-refractivity contribution in [3.05, 3.63) is 190 Å². The number of hydrogen-bond donors (Lipinski definition) is 2. The van der Waals surface area contributed by atoms with Crippen LogP contribution in [-0.4, -0.2) is 39.9 Å². The van der Waals surface area contributed by atoms with Gasteiger partial charge in [-0.25, -0.2) is 29.9 Å². The lowest BCUT2D eigenvalue weighted by molar-refractivity contribution is 0.482. The first-order valence-electron chi connectivity index (χ1n) is 28.0. The molecular formula is C68H50N8O4. The SMILES string of the molecule is c1cc2c(cc1Oc1ccc3c(c1)-c1nc-3nc3[nH]c(nc4nc(nc5[nH]c(n1)c1ccc(Oc6ccc7c(c6)CCC7)cc51)-c1ccc(Oc5ccc6c(c5)CCC6)cc1-4)c1ccc(Oc4ccc5c(c4)CCC5)cc31)CCC2. The van der Waals surface area contributed by atoms with Gasteiger partial charge in [-0.15, -0.1) is 0 Å². The van der Waals surface area contributed by atoms with E-state index in [1.54, 1.807) is 0 Å². The smallest absolute Gasteiger partial charge is 0.164 e. The summed E-state index contributed by atoms with van der Waals surface area (Å²) in [5.74, 6) is 7.77. The molecule has 386 valence electrons. The first kappa shape index (κ1) is 45.3. The number of H-pyrrole nitrogens is 2. The number of benzene rings is 8. The highest BCUT2D eigenvalue weighted by Crippen LogP contribution is 2.43. The molecule has 0 spiro atoms. The summed E-state index contributed by atoms with van der Waals surface area (Å²) < 4.78 is 26.5. The highest BCUT2D eigenvalue weighted by molar-refractivity contribution is 6.07. The predicted molar refractivity (Wildman–Crippen MR) is 310 cm³/mol. The molecule has 8 aromatic carbocycles. The fourth-order valence-corrected chi connectivity index (χ4v) is 13.0. The molecule has 2 aliphatic heterocycles. The molecular weight excluding hydrogens is 993 g/mol. The van der Waals surface area contributed by atoms with E-state index >= 15 is 0 Å². The number of ether oxygens (including phenoxy) is 4. The molecule has 11 aromatic rings. The van der Waals surface area contributed by atoms with E-state index in [-0.39, 0.29) is 0 Å². The molecule has 0 radical (unpaired) electrons. The highest BCUT2D eigenvalue weighted by Gasteiger charge is 2.26. The Kier molecular flexibility index (Phi) is 10.2. The second-order valence-electron chi connectivity index (χ2n) is 22.0. The zero-order valence-electron chi connectivity index (χ0n) is 43.7. The lowest BCUT2D eigenvalue weighted by Gasteiger charge is -2.09. The van der Waals surface area contributed by atoms with Gasteiger partial charge in [0.05, 0.1) is 0 Å². The Bertz CT molecular complexity index is 4360. The lowest BCUT2D eigenvalue weighted by atomic mass is 10.1. The van der Waals surface area contributed by atoms with Gasteiger partial charge in [-0.2, -0.15) is 0 Å². The topological polar surface area (TPSA) is 146 Å². The Morgan fingerprint density at radius 1 is 0.237 bits per heavy atom. The molecule has 4 aliphatic carbocycles. The number of rotatable bonds is 8. The molecule has 2 N–H and O–H groups in total. The maximum atomic E-state index is 6.63. The summed E-state index contributed by atoms with van der Waals surface area (Å²) in [6.07, 6.45) is 13.3. The molecule has 12 nitrogen and oxygen atoms in total. The molecule has 0 atom stereocenters. The van der Waals surface area contributed by atoms with E-state index in [2.05, 4.69) is 82.8 Å². The van der Waals surface area contributed by atoms with Crippen LogP contribution in [0, 0.1) is 0 Å². The standard InChI is InChI=1S/C68H50N8O4/c1-5-37-13-17-45(29-41(37)9-1)77-49-21-25-53-57(33-49)65-69-61(53)74-66-59-35-51(79-47-19-15-39-7-3-11-43(39)31-47)23-27-55(59)63(71-66)76-68-60-36-52(80-48-20-16-40-8-4-12-44(40)32-48)24-28-56(60)64(72-68)75-67-58-34-50(22-26-54(58)62(70-67)73-65)78-46-18-14-38-6-2-10-42(38)30-46/h13-36H,1-12H2,(H2,69,70,71,72,73,74,75,76). The zero-order valence-corrected chi connectivity index (χ0v) is 43.7. The van der Waals surface area contributed by atoms with Crippen LogP contribution in [-0.2, 0) is 51.4 Å². The van der Waals surface area contributed by atoms with Gasteiger partial charge in [-0.3, -0.25) is 0 Å². The van der Waals surface area contributed by atoms with Crippen LogP contribution in [0.5, 0.6) is 46.0 Å². The van der Waals surface area contributed by atoms with Crippen LogP contribution in [0.3, 0.4) is 0 Å². The zero-order chi connectivity index (χ0) is 52.4. The van der Waals surface area contributed by atoms with Crippen LogP contribution in [0.1, 0.15) is 70.2 Å². The first-order valence-corrected chi connectivity index (χ1v) is 28.0. The number of nitrogens with one attached hydrogen (secondary N) is 2. The lowest BCUT2D eigenvalue weighted by Crippen LogP contribution is -1.89. The Morgan fingerprint density at radius 3 is 0.875 bits per heavy atom. The number of nitrogens with zero attached hydrogens (tertiary/aromatic N) is 6. The van der Waals surface area contributed by atoms with Gasteiger partial charge in [0.2, 0.25) is 0 Å². The Morgan fingerprint density at radius 2 is 0.512 bits per heavy atom. The second kappa shape index (κ2) is 17.9. The van der Waals surface area contributed by atoms with Gasteiger partial charge in [-0.05, 0) is 243 Å². The van der Waals surface area contributed by atoms with Crippen molar-refractivity contribution in [2.75, 3.05) is 0 Å². The number of aryl methyl sites for hydroxylation is 8. The van der Waals surface area contributed by atoms with Gasteiger partial charge in [0.1, 0.15) is 68.6 Å². The van der Waals surface area contributed by atoms with Crippen molar-refractivity contribution in [1.82, 2.24) is 39.9 Å². The average Bonchev–Trinajstić information content (AvgIpc) is 4.54. The number of aromatic amines is 2. The summed E-state index contributed by atoms with van der Waals surface area (Å²) in [6.45, 7) is 0. The van der Waals surface area contributed by atoms with Gasteiger partial charge >= 0.3 is 0 Å². The second-order valence-corrected chi connectivity index (χ2v) is 22.0. The van der Waals surface area contributed by atoms with Crippen LogP contribution in [0.4, 0.5) is 0 Å². The third-order valence-corrected chi connectivity index (χ3v) is 16.9. The van der Waals surface area contributed by atoms with Crippen LogP contribution in [0.2, 0.25) is 0 Å². The molecule has 8 bridgehead atoms. The molecule has 5 heterocycles. The minimum absolute atomic E-state index is 0.467. The van der Waals surface area contributed by atoms with Gasteiger partial charge in [0.15, 0.2) is 23.3 Å². The minimum atomic E-state index is 0.467. The van der Waals surface area contributed by atoms with Crippen LogP contribution >= 0.6 is 0 Å². The summed E-state index contributed by atoms with van der Waals surface area (Å²) in [5, 5.41) is 3.26. The normalized spacial score (nSPS) is 14.4. The first-order chi connectivity index (χ1) is 39.5. The van der Waals surface area contributed by atoms with E-state index in [0.29, 0.717) is 68.9 Å². The molecule has 3 aromatic heterocycles. The molecule has 6 aliphatic rings. The van der Waals surface area contributed by atoms with Crippen LogP contribution in [0.25, 0.3) is 89.7 Å².